The van der Waals surface area contributed by atoms with Crippen LogP contribution in [0.5, 0.6) is 0 Å². The highest BCUT2D eigenvalue weighted by Crippen LogP contribution is 2.29. The number of hydrogen-bond donors (Lipinski definition) is 1. The first kappa shape index (κ1) is 15.0. The van der Waals surface area contributed by atoms with Crippen molar-refractivity contribution in [1.29, 1.82) is 0 Å². The summed E-state index contributed by atoms with van der Waals surface area (Å²) in [4.78, 5) is 9.08. The van der Waals surface area contributed by atoms with E-state index in [4.69, 9.17) is 0 Å². The summed E-state index contributed by atoms with van der Waals surface area (Å²) in [5.74, 6) is 1.89. The maximum atomic E-state index is 11.6. The van der Waals surface area contributed by atoms with Crippen LogP contribution in [0.3, 0.4) is 0 Å². The smallest absolute Gasteiger partial charge is 0.151 e. The SMILES string of the molecule is CCNc1nc(C2CCS(=O)(=O)C2)nc(CC)c1I. The lowest BCUT2D eigenvalue weighted by atomic mass is 10.1. The molecule has 7 heteroatoms. The molecule has 1 aromatic heterocycles. The molecule has 1 aromatic rings. The number of nitrogens with zero attached hydrogens (tertiary/aromatic N) is 2. The minimum Gasteiger partial charge on any atom is -0.369 e. The molecule has 19 heavy (non-hydrogen) atoms. The summed E-state index contributed by atoms with van der Waals surface area (Å²) in [6.45, 7) is 4.86. The topological polar surface area (TPSA) is 72.0 Å². The molecule has 2 rings (SSSR count). The molecule has 2 heterocycles. The zero-order valence-corrected chi connectivity index (χ0v) is 14.1. The fraction of sp³-hybridized carbons (Fsp3) is 0.667. The minimum absolute atomic E-state index is 0.0512. The molecule has 0 amide bonds. The molecule has 0 radical (unpaired) electrons. The van der Waals surface area contributed by atoms with Crippen LogP contribution in [0.25, 0.3) is 0 Å². The molecule has 1 saturated heterocycles. The molecule has 0 saturated carbocycles. The third kappa shape index (κ3) is 3.36. The predicted molar refractivity (Wildman–Crippen MR) is 84.3 cm³/mol. The summed E-state index contributed by atoms with van der Waals surface area (Å²) in [6, 6.07) is 0. The number of anilines is 1. The summed E-state index contributed by atoms with van der Waals surface area (Å²) >= 11 is 2.25. The van der Waals surface area contributed by atoms with E-state index in [2.05, 4.69) is 44.8 Å². The van der Waals surface area contributed by atoms with Gasteiger partial charge >= 0.3 is 0 Å². The first-order valence-corrected chi connectivity index (χ1v) is 9.37. The van der Waals surface area contributed by atoms with E-state index in [-0.39, 0.29) is 17.4 Å². The molecule has 0 bridgehead atoms. The van der Waals surface area contributed by atoms with Crippen LogP contribution in [-0.2, 0) is 16.3 Å². The summed E-state index contributed by atoms with van der Waals surface area (Å²) < 4.78 is 24.2. The summed E-state index contributed by atoms with van der Waals surface area (Å²) in [5, 5.41) is 3.23. The Kier molecular flexibility index (Phi) is 4.65. The zero-order valence-electron chi connectivity index (χ0n) is 11.1. The van der Waals surface area contributed by atoms with Crippen LogP contribution >= 0.6 is 22.6 Å². The van der Waals surface area contributed by atoms with Gasteiger partial charge in [-0.2, -0.15) is 0 Å². The van der Waals surface area contributed by atoms with Gasteiger partial charge in [-0.25, -0.2) is 18.4 Å². The average molecular weight is 395 g/mol. The molecule has 1 atom stereocenters. The van der Waals surface area contributed by atoms with Crippen molar-refractivity contribution < 1.29 is 8.42 Å². The van der Waals surface area contributed by atoms with Gasteiger partial charge in [-0.15, -0.1) is 0 Å². The largest absolute Gasteiger partial charge is 0.369 e. The van der Waals surface area contributed by atoms with Crippen molar-refractivity contribution in [2.75, 3.05) is 23.4 Å². The Balaban J connectivity index is 2.38. The molecular formula is C12H18IN3O2S. The lowest BCUT2D eigenvalue weighted by molar-refractivity contribution is 0.601. The van der Waals surface area contributed by atoms with E-state index in [9.17, 15) is 8.42 Å². The lowest BCUT2D eigenvalue weighted by Crippen LogP contribution is -2.13. The number of hydrogen-bond acceptors (Lipinski definition) is 5. The third-order valence-corrected chi connectivity index (χ3v) is 6.12. The normalized spacial score (nSPS) is 21.5. The van der Waals surface area contributed by atoms with Crippen LogP contribution in [0.15, 0.2) is 0 Å². The van der Waals surface area contributed by atoms with E-state index in [0.29, 0.717) is 12.2 Å². The van der Waals surface area contributed by atoms with Gasteiger partial charge in [0.15, 0.2) is 9.84 Å². The minimum atomic E-state index is -2.90. The Morgan fingerprint density at radius 1 is 1.37 bits per heavy atom. The van der Waals surface area contributed by atoms with Crippen molar-refractivity contribution in [3.8, 4) is 0 Å². The van der Waals surface area contributed by atoms with E-state index in [1.807, 2.05) is 6.92 Å². The van der Waals surface area contributed by atoms with Gasteiger partial charge in [0.25, 0.3) is 0 Å². The highest BCUT2D eigenvalue weighted by Gasteiger charge is 2.31. The van der Waals surface area contributed by atoms with Gasteiger partial charge < -0.3 is 5.32 Å². The molecule has 0 spiro atoms. The monoisotopic (exact) mass is 395 g/mol. The number of halogens is 1. The first-order valence-electron chi connectivity index (χ1n) is 6.47. The van der Waals surface area contributed by atoms with E-state index < -0.39 is 9.84 Å². The second-order valence-electron chi connectivity index (χ2n) is 4.67. The number of aromatic nitrogens is 2. The van der Waals surface area contributed by atoms with Crippen molar-refractivity contribution in [1.82, 2.24) is 9.97 Å². The second kappa shape index (κ2) is 5.90. The number of sulfone groups is 1. The zero-order chi connectivity index (χ0) is 14.0. The van der Waals surface area contributed by atoms with Crippen molar-refractivity contribution in [2.45, 2.75) is 32.6 Å². The maximum Gasteiger partial charge on any atom is 0.151 e. The molecule has 1 aliphatic heterocycles. The molecule has 1 N–H and O–H groups in total. The predicted octanol–water partition coefficient (Wildman–Crippen LogP) is 1.98. The molecule has 1 aliphatic rings. The Morgan fingerprint density at radius 2 is 2.11 bits per heavy atom. The van der Waals surface area contributed by atoms with Crippen molar-refractivity contribution in [2.24, 2.45) is 0 Å². The van der Waals surface area contributed by atoms with E-state index >= 15 is 0 Å². The van der Waals surface area contributed by atoms with Gasteiger partial charge in [0.2, 0.25) is 0 Å². The Morgan fingerprint density at radius 3 is 2.63 bits per heavy atom. The number of aryl methyl sites for hydroxylation is 1. The lowest BCUT2D eigenvalue weighted by Gasteiger charge is -2.14. The molecule has 106 valence electrons. The Labute approximate surface area is 127 Å². The molecular weight excluding hydrogens is 377 g/mol. The van der Waals surface area contributed by atoms with Gasteiger partial charge in [0.1, 0.15) is 11.6 Å². The van der Waals surface area contributed by atoms with Crippen molar-refractivity contribution >= 4 is 38.2 Å². The van der Waals surface area contributed by atoms with E-state index in [1.54, 1.807) is 0 Å². The molecule has 0 aromatic carbocycles. The van der Waals surface area contributed by atoms with Crippen molar-refractivity contribution in [3.05, 3.63) is 15.1 Å². The average Bonchev–Trinajstić information content (AvgIpc) is 2.72. The Bertz CT molecular complexity index is 575. The second-order valence-corrected chi connectivity index (χ2v) is 7.98. The molecule has 1 unspecified atom stereocenters. The standard InChI is InChI=1S/C12H18IN3O2S/c1-3-9-10(13)12(14-4-2)16-11(15-9)8-5-6-19(17,18)7-8/h8H,3-7H2,1-2H3,(H,14,15,16). The van der Waals surface area contributed by atoms with E-state index in [0.717, 1.165) is 28.0 Å². The highest BCUT2D eigenvalue weighted by molar-refractivity contribution is 14.1. The van der Waals surface area contributed by atoms with Crippen LogP contribution in [0.4, 0.5) is 5.82 Å². The summed E-state index contributed by atoms with van der Waals surface area (Å²) in [7, 11) is -2.90. The molecule has 5 nitrogen and oxygen atoms in total. The quantitative estimate of drug-likeness (QED) is 0.790. The summed E-state index contributed by atoms with van der Waals surface area (Å²) in [5.41, 5.74) is 0.992. The van der Waals surface area contributed by atoms with E-state index in [1.165, 1.54) is 0 Å². The van der Waals surface area contributed by atoms with Gasteiger partial charge in [0.05, 0.1) is 20.8 Å². The van der Waals surface area contributed by atoms with Crippen LogP contribution in [0.1, 0.15) is 37.7 Å². The van der Waals surface area contributed by atoms with Gasteiger partial charge in [-0.05, 0) is 42.4 Å². The summed E-state index contributed by atoms with van der Waals surface area (Å²) in [6.07, 6.45) is 1.46. The van der Waals surface area contributed by atoms with Crippen LogP contribution in [0, 0.1) is 3.57 Å². The maximum absolute atomic E-state index is 11.6. The van der Waals surface area contributed by atoms with Gasteiger partial charge in [0, 0.05) is 12.5 Å². The highest BCUT2D eigenvalue weighted by atomic mass is 127. The third-order valence-electron chi connectivity index (χ3n) is 3.21. The van der Waals surface area contributed by atoms with Gasteiger partial charge in [-0.3, -0.25) is 0 Å². The Hall–Kier alpha value is -0.440. The number of rotatable bonds is 4. The fourth-order valence-corrected chi connectivity index (χ4v) is 4.77. The fourth-order valence-electron chi connectivity index (χ4n) is 2.21. The van der Waals surface area contributed by atoms with Crippen LogP contribution < -0.4 is 5.32 Å². The van der Waals surface area contributed by atoms with Crippen LogP contribution in [0.2, 0.25) is 0 Å². The van der Waals surface area contributed by atoms with Gasteiger partial charge in [-0.1, -0.05) is 6.92 Å². The van der Waals surface area contributed by atoms with Crippen LogP contribution in [-0.4, -0.2) is 36.4 Å². The van der Waals surface area contributed by atoms with Crippen molar-refractivity contribution in [3.63, 3.8) is 0 Å². The first-order chi connectivity index (χ1) is 8.96. The number of nitrogens with one attached hydrogen (secondary N) is 1. The molecule has 0 aliphatic carbocycles. The molecule has 1 fully saturated rings.